The van der Waals surface area contributed by atoms with Crippen LogP contribution < -0.4 is 0 Å². The molecule has 3 heteroatoms. The Morgan fingerprint density at radius 2 is 1.65 bits per heavy atom. The molecule has 0 aromatic heterocycles. The first-order chi connectivity index (χ1) is 7.82. The van der Waals surface area contributed by atoms with Crippen LogP contribution in [0.4, 0.5) is 0 Å². The molecule has 17 heavy (non-hydrogen) atoms. The van der Waals surface area contributed by atoms with Crippen molar-refractivity contribution < 1.29 is 9.31 Å². The highest BCUT2D eigenvalue weighted by Gasteiger charge is 2.51. The molecule has 92 valence electrons. The summed E-state index contributed by atoms with van der Waals surface area (Å²) in [6.07, 6.45) is 9.51. The highest BCUT2D eigenvalue weighted by molar-refractivity contribution is 6.55. The van der Waals surface area contributed by atoms with Gasteiger partial charge >= 0.3 is 7.12 Å². The first kappa shape index (κ1) is 12.7. The molecule has 0 spiro atoms. The van der Waals surface area contributed by atoms with Gasteiger partial charge in [0, 0.05) is 0 Å². The maximum absolute atomic E-state index is 6.02. The first-order valence-electron chi connectivity index (χ1n) is 6.21. The van der Waals surface area contributed by atoms with Gasteiger partial charge < -0.3 is 9.31 Å². The normalized spacial score (nSPS) is 26.5. The number of hydrogen-bond donors (Lipinski definition) is 0. The van der Waals surface area contributed by atoms with Crippen molar-refractivity contribution >= 4 is 7.12 Å². The average Bonchev–Trinajstić information content (AvgIpc) is 2.39. The monoisotopic (exact) mass is 232 g/mol. The molecule has 0 bridgehead atoms. The van der Waals surface area contributed by atoms with E-state index in [1.165, 1.54) is 5.57 Å². The van der Waals surface area contributed by atoms with Gasteiger partial charge in [-0.2, -0.15) is 0 Å². The Balaban J connectivity index is 2.22. The van der Waals surface area contributed by atoms with Crippen LogP contribution in [0.15, 0.2) is 35.3 Å². The smallest absolute Gasteiger partial charge is 0.399 e. The van der Waals surface area contributed by atoms with E-state index in [2.05, 4.69) is 58.9 Å². The van der Waals surface area contributed by atoms with E-state index in [-0.39, 0.29) is 18.3 Å². The molecule has 0 radical (unpaired) electrons. The molecule has 0 N–H and O–H groups in total. The molecule has 0 unspecified atom stereocenters. The molecule has 0 aromatic carbocycles. The quantitative estimate of drug-likeness (QED) is 0.644. The van der Waals surface area contributed by atoms with Crippen LogP contribution >= 0.6 is 0 Å². The lowest BCUT2D eigenvalue weighted by atomic mass is 9.78. The topological polar surface area (TPSA) is 18.5 Å². The standard InChI is InChI=1S/C14H21BO2/c1-11-7-6-8-12(10-9-11)15-16-13(2,3)14(4,5)17-15/h6,8-10H,7H2,1-5H3. The predicted octanol–water partition coefficient (Wildman–Crippen LogP) is 3.45. The lowest BCUT2D eigenvalue weighted by molar-refractivity contribution is 0.00578. The summed E-state index contributed by atoms with van der Waals surface area (Å²) in [7, 11) is -0.251. The molecule has 2 aliphatic rings. The van der Waals surface area contributed by atoms with Gasteiger partial charge in [-0.25, -0.2) is 0 Å². The number of allylic oxidation sites excluding steroid dienone is 6. The summed E-state index contributed by atoms with van der Waals surface area (Å²) >= 11 is 0. The van der Waals surface area contributed by atoms with Gasteiger partial charge in [0.05, 0.1) is 11.2 Å². The molecule has 1 aliphatic heterocycles. The predicted molar refractivity (Wildman–Crippen MR) is 71.7 cm³/mol. The molecule has 0 atom stereocenters. The SMILES string of the molecule is CC1=CC=C(B2OC(C)(C)C(C)(C)O2)C=CC1. The van der Waals surface area contributed by atoms with Crippen molar-refractivity contribution in [1.29, 1.82) is 0 Å². The zero-order valence-corrected chi connectivity index (χ0v) is 11.4. The van der Waals surface area contributed by atoms with Crippen molar-refractivity contribution in [3.8, 4) is 0 Å². The summed E-state index contributed by atoms with van der Waals surface area (Å²) in [5.74, 6) is 0. The van der Waals surface area contributed by atoms with Crippen LogP contribution in [0.5, 0.6) is 0 Å². The van der Waals surface area contributed by atoms with Crippen LogP contribution in [-0.2, 0) is 9.31 Å². The van der Waals surface area contributed by atoms with E-state index >= 15 is 0 Å². The second-order valence-corrected chi connectivity index (χ2v) is 5.87. The minimum absolute atomic E-state index is 0.251. The van der Waals surface area contributed by atoms with Gasteiger partial charge in [-0.15, -0.1) is 0 Å². The van der Waals surface area contributed by atoms with E-state index in [1.807, 2.05) is 0 Å². The Bertz CT molecular complexity index is 386. The van der Waals surface area contributed by atoms with Gasteiger partial charge in [-0.1, -0.05) is 29.9 Å². The Labute approximate surface area is 105 Å². The highest BCUT2D eigenvalue weighted by Crippen LogP contribution is 2.38. The van der Waals surface area contributed by atoms with Gasteiger partial charge in [0.2, 0.25) is 0 Å². The number of rotatable bonds is 1. The summed E-state index contributed by atoms with van der Waals surface area (Å²) < 4.78 is 12.0. The van der Waals surface area contributed by atoms with Gasteiger partial charge in [0.25, 0.3) is 0 Å². The van der Waals surface area contributed by atoms with E-state index in [0.29, 0.717) is 0 Å². The van der Waals surface area contributed by atoms with E-state index in [4.69, 9.17) is 9.31 Å². The van der Waals surface area contributed by atoms with Crippen molar-refractivity contribution in [2.24, 2.45) is 0 Å². The molecule has 0 amide bonds. The van der Waals surface area contributed by atoms with Gasteiger partial charge in [-0.05, 0) is 46.5 Å². The Morgan fingerprint density at radius 1 is 1.06 bits per heavy atom. The minimum Gasteiger partial charge on any atom is -0.399 e. The van der Waals surface area contributed by atoms with Crippen molar-refractivity contribution in [2.75, 3.05) is 0 Å². The van der Waals surface area contributed by atoms with Crippen molar-refractivity contribution in [1.82, 2.24) is 0 Å². The molecule has 1 heterocycles. The molecule has 1 aliphatic carbocycles. The van der Waals surface area contributed by atoms with Crippen molar-refractivity contribution in [3.63, 3.8) is 0 Å². The third kappa shape index (κ3) is 2.40. The summed E-state index contributed by atoms with van der Waals surface area (Å²) in [6, 6.07) is 0. The van der Waals surface area contributed by atoms with Gasteiger partial charge in [0.15, 0.2) is 0 Å². The summed E-state index contributed by atoms with van der Waals surface area (Å²) in [5, 5.41) is 0. The average molecular weight is 232 g/mol. The molecule has 1 saturated heterocycles. The maximum atomic E-state index is 6.02. The molecule has 0 saturated carbocycles. The van der Waals surface area contributed by atoms with E-state index in [1.54, 1.807) is 0 Å². The van der Waals surface area contributed by atoms with E-state index < -0.39 is 0 Å². The fraction of sp³-hybridized carbons (Fsp3) is 0.571. The zero-order chi connectivity index (χ0) is 12.7. The lowest BCUT2D eigenvalue weighted by Crippen LogP contribution is -2.41. The molecule has 2 nitrogen and oxygen atoms in total. The fourth-order valence-corrected chi connectivity index (χ4v) is 1.88. The largest absolute Gasteiger partial charge is 0.494 e. The van der Waals surface area contributed by atoms with E-state index in [9.17, 15) is 0 Å². The Hall–Kier alpha value is -0.795. The van der Waals surface area contributed by atoms with Crippen LogP contribution in [-0.4, -0.2) is 18.3 Å². The minimum atomic E-state index is -0.266. The van der Waals surface area contributed by atoms with Crippen LogP contribution in [0.1, 0.15) is 41.0 Å². The summed E-state index contributed by atoms with van der Waals surface area (Å²) in [6.45, 7) is 10.4. The van der Waals surface area contributed by atoms with Crippen LogP contribution in [0.3, 0.4) is 0 Å². The molecule has 2 rings (SSSR count). The zero-order valence-electron chi connectivity index (χ0n) is 11.4. The summed E-state index contributed by atoms with van der Waals surface area (Å²) in [4.78, 5) is 0. The number of hydrogen-bond acceptors (Lipinski definition) is 2. The van der Waals surface area contributed by atoms with Gasteiger partial charge in [-0.3, -0.25) is 0 Å². The van der Waals surface area contributed by atoms with Crippen LogP contribution in [0, 0.1) is 0 Å². The fourth-order valence-electron chi connectivity index (χ4n) is 1.88. The second kappa shape index (κ2) is 4.15. The van der Waals surface area contributed by atoms with Crippen LogP contribution in [0.25, 0.3) is 0 Å². The van der Waals surface area contributed by atoms with Gasteiger partial charge in [0.1, 0.15) is 0 Å². The lowest BCUT2D eigenvalue weighted by Gasteiger charge is -2.32. The van der Waals surface area contributed by atoms with Crippen molar-refractivity contribution in [2.45, 2.75) is 52.2 Å². The van der Waals surface area contributed by atoms with E-state index in [0.717, 1.165) is 11.9 Å². The third-order valence-corrected chi connectivity index (χ3v) is 3.84. The molecular formula is C14H21BO2. The molecule has 0 aromatic rings. The summed E-state index contributed by atoms with van der Waals surface area (Å²) in [5.41, 5.74) is 1.92. The Kier molecular flexibility index (Phi) is 3.09. The Morgan fingerprint density at radius 3 is 2.24 bits per heavy atom. The molecular weight excluding hydrogens is 211 g/mol. The van der Waals surface area contributed by atoms with Crippen LogP contribution in [0.2, 0.25) is 0 Å². The maximum Gasteiger partial charge on any atom is 0.494 e. The van der Waals surface area contributed by atoms with Crippen molar-refractivity contribution in [3.05, 3.63) is 35.3 Å². The third-order valence-electron chi connectivity index (χ3n) is 3.84. The second-order valence-electron chi connectivity index (χ2n) is 5.87. The highest BCUT2D eigenvalue weighted by atomic mass is 16.7. The first-order valence-corrected chi connectivity index (χ1v) is 6.21. The molecule has 1 fully saturated rings.